The van der Waals surface area contributed by atoms with Crippen LogP contribution in [0.3, 0.4) is 0 Å². The second kappa shape index (κ2) is 6.93. The van der Waals surface area contributed by atoms with E-state index in [0.29, 0.717) is 6.61 Å². The van der Waals surface area contributed by atoms with Crippen LogP contribution < -0.4 is 4.74 Å². The van der Waals surface area contributed by atoms with Gasteiger partial charge in [0.1, 0.15) is 10.8 Å². The second-order valence-corrected chi connectivity index (χ2v) is 5.92. The highest BCUT2D eigenvalue weighted by molar-refractivity contribution is 7.96. The number of aromatic nitrogens is 1. The molecule has 2 rings (SSSR count). The molecule has 0 amide bonds. The molecule has 0 radical (unpaired) electrons. The molecule has 2 aromatic rings. The zero-order chi connectivity index (χ0) is 13.7. The molecule has 0 unspecified atom stereocenters. The van der Waals surface area contributed by atoms with Gasteiger partial charge in [0.15, 0.2) is 0 Å². The van der Waals surface area contributed by atoms with Crippen molar-refractivity contribution >= 4 is 23.3 Å². The Labute approximate surface area is 122 Å². The van der Waals surface area contributed by atoms with Gasteiger partial charge in [-0.25, -0.2) is 9.29 Å². The van der Waals surface area contributed by atoms with E-state index in [-0.39, 0.29) is 0 Å². The van der Waals surface area contributed by atoms with Crippen molar-refractivity contribution in [1.29, 1.82) is 0 Å². The summed E-state index contributed by atoms with van der Waals surface area (Å²) in [6.07, 6.45) is 2.07. The Balaban J connectivity index is 2.09. The van der Waals surface area contributed by atoms with Gasteiger partial charge in [-0.3, -0.25) is 0 Å². The van der Waals surface area contributed by atoms with E-state index >= 15 is 0 Å². The summed E-state index contributed by atoms with van der Waals surface area (Å²) >= 11 is 3.40. The molecule has 0 saturated carbocycles. The molecule has 3 nitrogen and oxygen atoms in total. The summed E-state index contributed by atoms with van der Waals surface area (Å²) in [5.74, 6) is 0.908. The molecule has 0 N–H and O–H groups in total. The summed E-state index contributed by atoms with van der Waals surface area (Å²) in [6.45, 7) is 3.56. The minimum Gasteiger partial charge on any atom is -0.494 e. The molecular weight excluding hydrogens is 276 g/mol. The van der Waals surface area contributed by atoms with Gasteiger partial charge in [0, 0.05) is 10.9 Å². The summed E-state index contributed by atoms with van der Waals surface area (Å²) in [4.78, 5) is 4.67. The molecule has 1 heterocycles. The highest BCUT2D eigenvalue weighted by Crippen LogP contribution is 2.26. The van der Waals surface area contributed by atoms with E-state index in [4.69, 9.17) is 4.74 Å². The lowest BCUT2D eigenvalue weighted by Crippen LogP contribution is -2.07. The molecule has 5 heteroatoms. The molecule has 0 aliphatic heterocycles. The first-order valence-electron chi connectivity index (χ1n) is 6.15. The first kappa shape index (κ1) is 14.4. The zero-order valence-electron chi connectivity index (χ0n) is 11.4. The Hall–Kier alpha value is -1.04. The van der Waals surface area contributed by atoms with Crippen LogP contribution >= 0.6 is 23.3 Å². The number of rotatable bonds is 6. The van der Waals surface area contributed by atoms with Crippen LogP contribution in [-0.4, -0.2) is 29.2 Å². The summed E-state index contributed by atoms with van der Waals surface area (Å²) in [6, 6.07) is 8.11. The maximum Gasteiger partial charge on any atom is 0.123 e. The van der Waals surface area contributed by atoms with Crippen molar-refractivity contribution in [3.63, 3.8) is 0 Å². The molecule has 0 aliphatic carbocycles. The van der Waals surface area contributed by atoms with Crippen molar-refractivity contribution in [2.75, 3.05) is 19.9 Å². The summed E-state index contributed by atoms with van der Waals surface area (Å²) in [5, 5.41) is 3.19. The van der Waals surface area contributed by atoms with Gasteiger partial charge < -0.3 is 4.74 Å². The topological polar surface area (TPSA) is 25.4 Å². The smallest absolute Gasteiger partial charge is 0.123 e. The predicted molar refractivity (Wildman–Crippen MR) is 83.7 cm³/mol. The van der Waals surface area contributed by atoms with Gasteiger partial charge >= 0.3 is 0 Å². The number of nitrogens with zero attached hydrogens (tertiary/aromatic N) is 2. The van der Waals surface area contributed by atoms with Crippen LogP contribution in [0.4, 0.5) is 0 Å². The van der Waals surface area contributed by atoms with E-state index in [1.54, 1.807) is 23.3 Å². The van der Waals surface area contributed by atoms with Crippen LogP contribution in [0.1, 0.15) is 12.6 Å². The molecule has 0 saturated heterocycles. The lowest BCUT2D eigenvalue weighted by atomic mass is 10.2. The minimum atomic E-state index is 0.696. The molecule has 102 valence electrons. The normalized spacial score (nSPS) is 10.9. The van der Waals surface area contributed by atoms with Gasteiger partial charge in [-0.15, -0.1) is 11.3 Å². The highest BCUT2D eigenvalue weighted by atomic mass is 32.2. The van der Waals surface area contributed by atoms with E-state index in [9.17, 15) is 0 Å². The Bertz CT molecular complexity index is 510. The third kappa shape index (κ3) is 3.96. The number of hydrogen-bond acceptors (Lipinski definition) is 5. The lowest BCUT2D eigenvalue weighted by Gasteiger charge is -2.09. The van der Waals surface area contributed by atoms with Gasteiger partial charge in [0.2, 0.25) is 0 Å². The van der Waals surface area contributed by atoms with Crippen LogP contribution in [0, 0.1) is 0 Å². The van der Waals surface area contributed by atoms with Crippen molar-refractivity contribution in [1.82, 2.24) is 9.29 Å². The van der Waals surface area contributed by atoms with Crippen LogP contribution in [0.5, 0.6) is 5.75 Å². The first-order chi connectivity index (χ1) is 9.22. The number of hydrogen-bond donors (Lipinski definition) is 0. The van der Waals surface area contributed by atoms with Crippen molar-refractivity contribution < 1.29 is 4.74 Å². The molecule has 0 fully saturated rings. The fourth-order valence-electron chi connectivity index (χ4n) is 1.67. The molecule has 0 spiro atoms. The fraction of sp³-hybridized carbons (Fsp3) is 0.357. The molecule has 1 aromatic heterocycles. The van der Waals surface area contributed by atoms with Crippen molar-refractivity contribution in [2.45, 2.75) is 13.5 Å². The summed E-state index contributed by atoms with van der Waals surface area (Å²) < 4.78 is 7.61. The predicted octanol–water partition coefficient (Wildman–Crippen LogP) is 3.92. The first-order valence-corrected chi connectivity index (χ1v) is 8.22. The standard InChI is InChI=1S/C14H18N2OS2/c1-4-17-13-7-5-11(6-8-13)14-15-12(10-19-14)9-16(2)18-3/h5-8,10H,4,9H2,1-3H3. The number of benzene rings is 1. The number of ether oxygens (including phenoxy) is 1. The van der Waals surface area contributed by atoms with Crippen LogP contribution in [-0.2, 0) is 6.54 Å². The quantitative estimate of drug-likeness (QED) is 0.754. The molecule has 1 aromatic carbocycles. The van der Waals surface area contributed by atoms with E-state index in [1.165, 1.54) is 0 Å². The Morgan fingerprint density at radius 3 is 2.68 bits per heavy atom. The van der Waals surface area contributed by atoms with E-state index in [0.717, 1.165) is 28.6 Å². The lowest BCUT2D eigenvalue weighted by molar-refractivity contribution is 0.340. The fourth-order valence-corrected chi connectivity index (χ4v) is 2.74. The van der Waals surface area contributed by atoms with Crippen molar-refractivity contribution in [3.8, 4) is 16.3 Å². The molecule has 0 aliphatic rings. The van der Waals surface area contributed by atoms with Gasteiger partial charge in [0.05, 0.1) is 18.8 Å². The second-order valence-electron chi connectivity index (χ2n) is 4.07. The van der Waals surface area contributed by atoms with Gasteiger partial charge in [0.25, 0.3) is 0 Å². The Morgan fingerprint density at radius 2 is 2.05 bits per heavy atom. The highest BCUT2D eigenvalue weighted by Gasteiger charge is 2.06. The zero-order valence-corrected chi connectivity index (χ0v) is 13.1. The SMILES string of the molecule is CCOc1ccc(-c2nc(CN(C)SC)cs2)cc1. The van der Waals surface area contributed by atoms with Crippen LogP contribution in [0.25, 0.3) is 10.6 Å². The van der Waals surface area contributed by atoms with Gasteiger partial charge in [-0.1, -0.05) is 11.9 Å². The average molecular weight is 294 g/mol. The Kier molecular flexibility index (Phi) is 5.24. The van der Waals surface area contributed by atoms with Gasteiger partial charge in [-0.05, 0) is 44.5 Å². The maximum atomic E-state index is 5.44. The largest absolute Gasteiger partial charge is 0.494 e. The summed E-state index contributed by atoms with van der Waals surface area (Å²) in [7, 11) is 2.07. The molecular formula is C14H18N2OS2. The average Bonchev–Trinajstić information content (AvgIpc) is 2.88. The minimum absolute atomic E-state index is 0.696. The molecule has 0 atom stereocenters. The maximum absolute atomic E-state index is 5.44. The van der Waals surface area contributed by atoms with E-state index in [1.807, 2.05) is 19.1 Å². The van der Waals surface area contributed by atoms with Gasteiger partial charge in [-0.2, -0.15) is 0 Å². The summed E-state index contributed by atoms with van der Waals surface area (Å²) in [5.41, 5.74) is 2.26. The van der Waals surface area contributed by atoms with E-state index in [2.05, 4.69) is 40.1 Å². The Morgan fingerprint density at radius 1 is 1.32 bits per heavy atom. The van der Waals surface area contributed by atoms with Crippen molar-refractivity contribution in [3.05, 3.63) is 35.3 Å². The third-order valence-corrected chi connectivity index (χ3v) is 4.35. The monoisotopic (exact) mass is 294 g/mol. The van der Waals surface area contributed by atoms with E-state index < -0.39 is 0 Å². The van der Waals surface area contributed by atoms with Crippen molar-refractivity contribution in [2.24, 2.45) is 0 Å². The third-order valence-electron chi connectivity index (χ3n) is 2.66. The molecule has 0 bridgehead atoms. The number of thiazole rings is 1. The van der Waals surface area contributed by atoms with Crippen LogP contribution in [0.15, 0.2) is 29.6 Å². The van der Waals surface area contributed by atoms with Crippen LogP contribution in [0.2, 0.25) is 0 Å². The molecule has 19 heavy (non-hydrogen) atoms.